The van der Waals surface area contributed by atoms with Crippen molar-refractivity contribution in [1.29, 1.82) is 0 Å². The zero-order valence-electron chi connectivity index (χ0n) is 12.8. The minimum absolute atomic E-state index is 0.0371. The molecule has 1 fully saturated rings. The van der Waals surface area contributed by atoms with Crippen LogP contribution in [0.5, 0.6) is 5.75 Å². The van der Waals surface area contributed by atoms with Crippen LogP contribution in [-0.2, 0) is 6.54 Å². The summed E-state index contributed by atoms with van der Waals surface area (Å²) in [6.45, 7) is 2.54. The number of hydrogen-bond donors (Lipinski definition) is 1. The fourth-order valence-electron chi connectivity index (χ4n) is 2.52. The first-order valence-electron chi connectivity index (χ1n) is 7.73. The molecule has 1 N–H and O–H groups in total. The zero-order chi connectivity index (χ0) is 15.9. The van der Waals surface area contributed by atoms with Crippen LogP contribution < -0.4 is 10.1 Å². The molecule has 0 saturated carbocycles. The monoisotopic (exact) mass is 316 g/mol. The smallest absolute Gasteiger partial charge is 0.317 e. The lowest BCUT2D eigenvalue weighted by Crippen LogP contribution is -2.47. The SMILES string of the molecule is O=C(NCCn1cncn1)N1CCC(Oc2cccnc2)CC1. The third-order valence-electron chi connectivity index (χ3n) is 3.75. The van der Waals surface area contributed by atoms with Gasteiger partial charge in [-0.15, -0.1) is 0 Å². The highest BCUT2D eigenvalue weighted by Crippen LogP contribution is 2.17. The van der Waals surface area contributed by atoms with Crippen molar-refractivity contribution in [3.05, 3.63) is 37.2 Å². The highest BCUT2D eigenvalue weighted by atomic mass is 16.5. The van der Waals surface area contributed by atoms with Crippen LogP contribution in [0.3, 0.4) is 0 Å². The first-order valence-corrected chi connectivity index (χ1v) is 7.73. The Hall–Kier alpha value is -2.64. The third kappa shape index (κ3) is 4.41. The molecule has 0 aromatic carbocycles. The molecule has 2 aromatic heterocycles. The zero-order valence-corrected chi connectivity index (χ0v) is 12.8. The molecule has 1 saturated heterocycles. The molecule has 1 aliphatic heterocycles. The van der Waals surface area contributed by atoms with Crippen molar-refractivity contribution >= 4 is 6.03 Å². The lowest BCUT2D eigenvalue weighted by Gasteiger charge is -2.32. The van der Waals surface area contributed by atoms with E-state index in [4.69, 9.17) is 4.74 Å². The Bertz CT molecular complexity index is 596. The number of urea groups is 1. The molecule has 2 amide bonds. The van der Waals surface area contributed by atoms with Crippen LogP contribution in [0.4, 0.5) is 4.79 Å². The topological polar surface area (TPSA) is 85.2 Å². The summed E-state index contributed by atoms with van der Waals surface area (Å²) in [6, 6.07) is 3.72. The van der Waals surface area contributed by atoms with Crippen molar-refractivity contribution < 1.29 is 9.53 Å². The number of nitrogens with zero attached hydrogens (tertiary/aromatic N) is 5. The minimum Gasteiger partial charge on any atom is -0.489 e. The number of carbonyl (C=O) groups is 1. The Morgan fingerprint density at radius 1 is 1.35 bits per heavy atom. The number of aromatic nitrogens is 4. The molecular formula is C15H20N6O2. The molecule has 8 heteroatoms. The predicted molar refractivity (Wildman–Crippen MR) is 82.9 cm³/mol. The first kappa shape index (κ1) is 15.3. The van der Waals surface area contributed by atoms with Crippen LogP contribution in [0, 0.1) is 0 Å². The molecule has 0 aliphatic carbocycles. The molecule has 3 heterocycles. The molecule has 0 bridgehead atoms. The van der Waals surface area contributed by atoms with Crippen molar-refractivity contribution in [2.45, 2.75) is 25.5 Å². The number of amides is 2. The molecule has 2 aromatic rings. The second kappa shape index (κ2) is 7.57. The maximum absolute atomic E-state index is 12.1. The Morgan fingerprint density at radius 2 is 2.22 bits per heavy atom. The van der Waals surface area contributed by atoms with Crippen molar-refractivity contribution in [2.24, 2.45) is 0 Å². The van der Waals surface area contributed by atoms with Crippen LogP contribution in [0.25, 0.3) is 0 Å². The molecule has 0 atom stereocenters. The highest BCUT2D eigenvalue weighted by molar-refractivity contribution is 5.74. The standard InChI is InChI=1S/C15H20N6O2/c22-15(18-6-9-21-12-17-11-19-21)20-7-3-13(4-8-20)23-14-2-1-5-16-10-14/h1-2,5,10-13H,3-4,6-9H2,(H,18,22). The summed E-state index contributed by atoms with van der Waals surface area (Å²) >= 11 is 0. The van der Waals surface area contributed by atoms with Crippen molar-refractivity contribution in [3.8, 4) is 5.75 Å². The van der Waals surface area contributed by atoms with Crippen LogP contribution in [0.1, 0.15) is 12.8 Å². The summed E-state index contributed by atoms with van der Waals surface area (Å²) in [7, 11) is 0. The lowest BCUT2D eigenvalue weighted by molar-refractivity contribution is 0.110. The molecular weight excluding hydrogens is 296 g/mol. The molecule has 3 rings (SSSR count). The Labute approximate surface area is 134 Å². The predicted octanol–water partition coefficient (Wildman–Crippen LogP) is 0.926. The van der Waals surface area contributed by atoms with Crippen LogP contribution >= 0.6 is 0 Å². The van der Waals surface area contributed by atoms with Gasteiger partial charge in [0, 0.05) is 38.7 Å². The Morgan fingerprint density at radius 3 is 2.91 bits per heavy atom. The van der Waals surface area contributed by atoms with E-state index in [2.05, 4.69) is 20.4 Å². The van der Waals surface area contributed by atoms with Crippen molar-refractivity contribution in [2.75, 3.05) is 19.6 Å². The Kier molecular flexibility index (Phi) is 5.02. The summed E-state index contributed by atoms with van der Waals surface area (Å²) in [5.41, 5.74) is 0. The molecule has 122 valence electrons. The third-order valence-corrected chi connectivity index (χ3v) is 3.75. The highest BCUT2D eigenvalue weighted by Gasteiger charge is 2.23. The van der Waals surface area contributed by atoms with E-state index in [1.54, 1.807) is 23.4 Å². The van der Waals surface area contributed by atoms with E-state index in [0.717, 1.165) is 18.6 Å². The van der Waals surface area contributed by atoms with Crippen LogP contribution in [0.15, 0.2) is 37.2 Å². The molecule has 0 unspecified atom stereocenters. The molecule has 23 heavy (non-hydrogen) atoms. The summed E-state index contributed by atoms with van der Waals surface area (Å²) in [6.07, 6.45) is 8.33. The Balaban J connectivity index is 1.37. The van der Waals surface area contributed by atoms with E-state index < -0.39 is 0 Å². The van der Waals surface area contributed by atoms with Gasteiger partial charge in [-0.05, 0) is 12.1 Å². The quantitative estimate of drug-likeness (QED) is 0.887. The van der Waals surface area contributed by atoms with E-state index in [9.17, 15) is 4.79 Å². The van der Waals surface area contributed by atoms with Gasteiger partial charge < -0.3 is 15.0 Å². The summed E-state index contributed by atoms with van der Waals surface area (Å²) in [5, 5.41) is 6.90. The summed E-state index contributed by atoms with van der Waals surface area (Å²) in [4.78, 5) is 21.8. The minimum atomic E-state index is -0.0371. The summed E-state index contributed by atoms with van der Waals surface area (Å²) in [5.74, 6) is 0.781. The number of pyridine rings is 1. The van der Waals surface area contributed by atoms with Gasteiger partial charge in [0.2, 0.25) is 0 Å². The van der Waals surface area contributed by atoms with Gasteiger partial charge in [-0.25, -0.2) is 9.78 Å². The average Bonchev–Trinajstić information content (AvgIpc) is 3.10. The second-order valence-corrected chi connectivity index (χ2v) is 5.38. The number of likely N-dealkylation sites (tertiary alicyclic amines) is 1. The van der Waals surface area contributed by atoms with Gasteiger partial charge in [0.05, 0.1) is 12.7 Å². The fraction of sp³-hybridized carbons (Fsp3) is 0.467. The normalized spacial score (nSPS) is 15.4. The number of hydrogen-bond acceptors (Lipinski definition) is 5. The van der Waals surface area contributed by atoms with Crippen molar-refractivity contribution in [1.82, 2.24) is 30.0 Å². The van der Waals surface area contributed by atoms with Gasteiger partial charge >= 0.3 is 6.03 Å². The van der Waals surface area contributed by atoms with Gasteiger partial charge in [-0.2, -0.15) is 5.10 Å². The second-order valence-electron chi connectivity index (χ2n) is 5.38. The number of piperidine rings is 1. The van der Waals surface area contributed by atoms with Crippen LogP contribution in [0.2, 0.25) is 0 Å². The largest absolute Gasteiger partial charge is 0.489 e. The molecule has 8 nitrogen and oxygen atoms in total. The van der Waals surface area contributed by atoms with Crippen LogP contribution in [-0.4, -0.2) is 56.4 Å². The number of nitrogens with one attached hydrogen (secondary N) is 1. The molecule has 1 aliphatic rings. The lowest BCUT2D eigenvalue weighted by atomic mass is 10.1. The molecule has 0 spiro atoms. The average molecular weight is 316 g/mol. The van der Waals surface area contributed by atoms with E-state index in [1.807, 2.05) is 17.0 Å². The fourth-order valence-corrected chi connectivity index (χ4v) is 2.52. The molecule has 0 radical (unpaired) electrons. The maximum Gasteiger partial charge on any atom is 0.317 e. The van der Waals surface area contributed by atoms with Crippen molar-refractivity contribution in [3.63, 3.8) is 0 Å². The number of ether oxygens (including phenoxy) is 1. The number of carbonyl (C=O) groups excluding carboxylic acids is 1. The first-order chi connectivity index (χ1) is 11.3. The summed E-state index contributed by atoms with van der Waals surface area (Å²) < 4.78 is 7.56. The van der Waals surface area contributed by atoms with E-state index in [0.29, 0.717) is 26.2 Å². The van der Waals surface area contributed by atoms with Gasteiger partial charge in [0.15, 0.2) is 0 Å². The number of rotatable bonds is 5. The maximum atomic E-state index is 12.1. The van der Waals surface area contributed by atoms with Gasteiger partial charge in [0.1, 0.15) is 24.5 Å². The van der Waals surface area contributed by atoms with Gasteiger partial charge in [-0.3, -0.25) is 9.67 Å². The van der Waals surface area contributed by atoms with Gasteiger partial charge in [0.25, 0.3) is 0 Å². The van der Waals surface area contributed by atoms with Gasteiger partial charge in [-0.1, -0.05) is 0 Å². The van der Waals surface area contributed by atoms with E-state index >= 15 is 0 Å². The van der Waals surface area contributed by atoms with E-state index in [1.165, 1.54) is 6.33 Å². The van der Waals surface area contributed by atoms with E-state index in [-0.39, 0.29) is 12.1 Å².